The van der Waals surface area contributed by atoms with E-state index in [1.807, 2.05) is 16.8 Å². The first kappa shape index (κ1) is 21.6. The highest BCUT2D eigenvalue weighted by atomic mass is 32.1. The minimum atomic E-state index is -0.329. The number of aromatic nitrogens is 4. The smallest absolute Gasteiger partial charge is 0.163 e. The molecule has 1 saturated carbocycles. The number of hydrogen-bond acceptors (Lipinski definition) is 8. The highest BCUT2D eigenvalue weighted by Gasteiger charge is 2.27. The van der Waals surface area contributed by atoms with Crippen LogP contribution in [0.25, 0.3) is 5.65 Å². The molecule has 0 amide bonds. The molecule has 1 saturated heterocycles. The van der Waals surface area contributed by atoms with E-state index in [9.17, 15) is 5.11 Å². The Morgan fingerprint density at radius 3 is 2.84 bits per heavy atom. The molecule has 3 atom stereocenters. The lowest BCUT2D eigenvalue weighted by molar-refractivity contribution is 0.0883. The lowest BCUT2D eigenvalue weighted by Crippen LogP contribution is -2.43. The summed E-state index contributed by atoms with van der Waals surface area (Å²) < 4.78 is 1.89. The summed E-state index contributed by atoms with van der Waals surface area (Å²) in [6.07, 6.45) is 5.07. The number of thiazole rings is 1. The van der Waals surface area contributed by atoms with Crippen molar-refractivity contribution in [1.82, 2.24) is 24.9 Å². The van der Waals surface area contributed by atoms with Gasteiger partial charge in [0.05, 0.1) is 24.0 Å². The van der Waals surface area contributed by atoms with Crippen LogP contribution in [-0.2, 0) is 0 Å². The first-order chi connectivity index (χ1) is 15.5. The number of piperidine rings is 1. The van der Waals surface area contributed by atoms with E-state index < -0.39 is 0 Å². The third-order valence-electron chi connectivity index (χ3n) is 6.53. The van der Waals surface area contributed by atoms with E-state index in [0.717, 1.165) is 40.8 Å². The molecule has 1 aliphatic carbocycles. The van der Waals surface area contributed by atoms with Gasteiger partial charge in [-0.15, -0.1) is 11.3 Å². The van der Waals surface area contributed by atoms with Crippen LogP contribution < -0.4 is 16.0 Å². The largest absolute Gasteiger partial charge is 0.391 e. The molecule has 2 fully saturated rings. The Labute approximate surface area is 192 Å². The number of anilines is 2. The van der Waals surface area contributed by atoms with Crippen LogP contribution in [0.15, 0.2) is 17.6 Å². The van der Waals surface area contributed by atoms with Crippen LogP contribution in [0.1, 0.15) is 74.2 Å². The molecule has 0 radical (unpaired) electrons. The lowest BCUT2D eigenvalue weighted by Gasteiger charge is -2.28. The fourth-order valence-electron chi connectivity index (χ4n) is 4.30. The number of aliphatic hydroxyl groups excluding tert-OH is 1. The number of rotatable bonds is 8. The topological polar surface area (TPSA) is 99.4 Å². The Balaban J connectivity index is 1.40. The third kappa shape index (κ3) is 4.46. The molecule has 3 aromatic rings. The summed E-state index contributed by atoms with van der Waals surface area (Å²) in [5.41, 5.74) is 3.22. The normalized spacial score (nSPS) is 22.4. The van der Waals surface area contributed by atoms with E-state index in [4.69, 9.17) is 9.97 Å². The monoisotopic (exact) mass is 455 g/mol. The molecule has 172 valence electrons. The average Bonchev–Trinajstić information content (AvgIpc) is 3.33. The van der Waals surface area contributed by atoms with Crippen molar-refractivity contribution in [3.63, 3.8) is 0 Å². The van der Waals surface area contributed by atoms with Crippen LogP contribution in [0.3, 0.4) is 0 Å². The van der Waals surface area contributed by atoms with E-state index in [2.05, 4.69) is 47.2 Å². The summed E-state index contributed by atoms with van der Waals surface area (Å²) in [6.45, 7) is 8.76. The van der Waals surface area contributed by atoms with Gasteiger partial charge in [0.15, 0.2) is 5.65 Å². The third-order valence-corrected chi connectivity index (χ3v) is 7.57. The Bertz CT molecular complexity index is 1070. The first-order valence-corrected chi connectivity index (χ1v) is 12.6. The van der Waals surface area contributed by atoms with Crippen molar-refractivity contribution in [3.05, 3.63) is 33.9 Å². The number of fused-ring (bicyclic) bond motifs is 1. The van der Waals surface area contributed by atoms with Crippen molar-refractivity contribution in [2.75, 3.05) is 30.3 Å². The van der Waals surface area contributed by atoms with Gasteiger partial charge in [-0.2, -0.15) is 9.61 Å². The number of aliphatic hydroxyl groups is 1. The molecular formula is C23H33N7OS. The Kier molecular flexibility index (Phi) is 6.05. The van der Waals surface area contributed by atoms with Crippen LogP contribution in [0.5, 0.6) is 0 Å². The predicted molar refractivity (Wildman–Crippen MR) is 129 cm³/mol. The van der Waals surface area contributed by atoms with Gasteiger partial charge in [-0.05, 0) is 38.6 Å². The van der Waals surface area contributed by atoms with E-state index in [0.29, 0.717) is 24.9 Å². The zero-order valence-electron chi connectivity index (χ0n) is 19.0. The van der Waals surface area contributed by atoms with E-state index in [-0.39, 0.29) is 18.1 Å². The maximum atomic E-state index is 10.3. The summed E-state index contributed by atoms with van der Waals surface area (Å²) in [6, 6.07) is 2.09. The second-order valence-corrected chi connectivity index (χ2v) is 10.4. The highest BCUT2D eigenvalue weighted by molar-refractivity contribution is 7.09. The molecule has 0 aromatic carbocycles. The molecule has 9 heteroatoms. The molecule has 32 heavy (non-hydrogen) atoms. The summed E-state index contributed by atoms with van der Waals surface area (Å²) in [5, 5.41) is 28.6. The Hall–Kier alpha value is -2.23. The molecule has 4 heterocycles. The van der Waals surface area contributed by atoms with Crippen LogP contribution >= 0.6 is 11.3 Å². The van der Waals surface area contributed by atoms with Crippen LogP contribution in [0.4, 0.5) is 11.6 Å². The van der Waals surface area contributed by atoms with Crippen molar-refractivity contribution in [2.45, 2.75) is 64.0 Å². The molecule has 1 aliphatic heterocycles. The summed E-state index contributed by atoms with van der Waals surface area (Å²) >= 11 is 1.73. The van der Waals surface area contributed by atoms with Crippen LogP contribution in [0, 0.1) is 5.92 Å². The highest BCUT2D eigenvalue weighted by Crippen LogP contribution is 2.41. The SMILES string of the molecule is CC(C)c1cnn2c(NC(C)c3nc(C4CC4)cs3)cc(NC[C@H]3CCNC[C@@H]3O)nc12. The fourth-order valence-corrected chi connectivity index (χ4v) is 5.21. The van der Waals surface area contributed by atoms with Gasteiger partial charge < -0.3 is 21.1 Å². The lowest BCUT2D eigenvalue weighted by atomic mass is 9.95. The van der Waals surface area contributed by atoms with Crippen molar-refractivity contribution in [1.29, 1.82) is 0 Å². The predicted octanol–water partition coefficient (Wildman–Crippen LogP) is 3.74. The molecule has 4 N–H and O–H groups in total. The number of hydrogen-bond donors (Lipinski definition) is 4. The Morgan fingerprint density at radius 2 is 2.09 bits per heavy atom. The van der Waals surface area contributed by atoms with Gasteiger partial charge in [0.2, 0.25) is 0 Å². The molecule has 0 bridgehead atoms. The minimum Gasteiger partial charge on any atom is -0.391 e. The Morgan fingerprint density at radius 1 is 1.25 bits per heavy atom. The standard InChI is InChI=1S/C23H33N7OS/c1-13(2)17-10-26-30-21(27-14(3)23-28-18(12-32-23)15-4-5-15)8-20(29-22(17)30)25-9-16-6-7-24-11-19(16)31/h8,10,12-16,19,24,27,31H,4-7,9,11H2,1-3H3,(H,25,29)/t14?,16-,19+/m1/s1. The van der Waals surface area contributed by atoms with Gasteiger partial charge in [0.25, 0.3) is 0 Å². The minimum absolute atomic E-state index is 0.0730. The van der Waals surface area contributed by atoms with Gasteiger partial charge in [0, 0.05) is 41.9 Å². The second kappa shape index (κ2) is 8.96. The van der Waals surface area contributed by atoms with Gasteiger partial charge >= 0.3 is 0 Å². The molecule has 2 aliphatic rings. The van der Waals surface area contributed by atoms with Gasteiger partial charge in [-0.3, -0.25) is 0 Å². The van der Waals surface area contributed by atoms with Gasteiger partial charge in [-0.1, -0.05) is 13.8 Å². The number of nitrogens with zero attached hydrogens (tertiary/aromatic N) is 4. The van der Waals surface area contributed by atoms with Crippen molar-refractivity contribution < 1.29 is 5.11 Å². The second-order valence-electron chi connectivity index (χ2n) is 9.47. The average molecular weight is 456 g/mol. The van der Waals surface area contributed by atoms with Crippen LogP contribution in [0.2, 0.25) is 0 Å². The molecule has 5 rings (SSSR count). The summed E-state index contributed by atoms with van der Waals surface area (Å²) in [5.74, 6) is 2.91. The number of nitrogens with one attached hydrogen (secondary N) is 3. The van der Waals surface area contributed by atoms with Crippen molar-refractivity contribution >= 4 is 28.6 Å². The van der Waals surface area contributed by atoms with Crippen molar-refractivity contribution in [3.8, 4) is 0 Å². The van der Waals surface area contributed by atoms with Gasteiger partial charge in [-0.25, -0.2) is 9.97 Å². The quantitative estimate of drug-likeness (QED) is 0.411. The van der Waals surface area contributed by atoms with Gasteiger partial charge in [0.1, 0.15) is 16.6 Å². The molecule has 1 unspecified atom stereocenters. The molecule has 8 nitrogen and oxygen atoms in total. The van der Waals surface area contributed by atoms with E-state index in [1.165, 1.54) is 18.5 Å². The molecule has 3 aromatic heterocycles. The zero-order valence-corrected chi connectivity index (χ0v) is 19.8. The first-order valence-electron chi connectivity index (χ1n) is 11.7. The van der Waals surface area contributed by atoms with Crippen molar-refractivity contribution in [2.24, 2.45) is 5.92 Å². The maximum Gasteiger partial charge on any atom is 0.163 e. The zero-order chi connectivity index (χ0) is 22.2. The van der Waals surface area contributed by atoms with E-state index in [1.54, 1.807) is 11.3 Å². The van der Waals surface area contributed by atoms with E-state index >= 15 is 0 Å². The molecular weight excluding hydrogens is 422 g/mol. The molecule has 0 spiro atoms. The van der Waals surface area contributed by atoms with Crippen LogP contribution in [-0.4, -0.2) is 50.4 Å². The number of β-amino-alcohol motifs (C(OH)–C–C–N with tert-alkyl or cyclic N) is 1. The fraction of sp³-hybridized carbons (Fsp3) is 0.609. The maximum absolute atomic E-state index is 10.3. The summed E-state index contributed by atoms with van der Waals surface area (Å²) in [7, 11) is 0. The summed E-state index contributed by atoms with van der Waals surface area (Å²) in [4.78, 5) is 9.75.